The van der Waals surface area contributed by atoms with Crippen molar-refractivity contribution in [3.8, 4) is 11.5 Å². The average Bonchev–Trinajstić information content (AvgIpc) is 3.25. The molecule has 2 N–H and O–H groups in total. The first-order chi connectivity index (χ1) is 14.9. The van der Waals surface area contributed by atoms with Gasteiger partial charge in [0.25, 0.3) is 0 Å². The fourth-order valence-corrected chi connectivity index (χ4v) is 3.62. The third-order valence-electron chi connectivity index (χ3n) is 5.14. The second kappa shape index (κ2) is 11.4. The summed E-state index contributed by atoms with van der Waals surface area (Å²) in [5.74, 6) is 0.307. The molecule has 10 heteroatoms. The van der Waals surface area contributed by atoms with Crippen LogP contribution in [0.1, 0.15) is 17.2 Å². The number of nitrogens with one attached hydrogen (secondary N) is 2. The standard InChI is InChI=1S/C23H20F3N3O2.2ClH/c24-23(25,26)21-10-9-18(12-28-21)31-17-8-4-7-16(11-17)29-22(30)20-14-27-13-19(20)15-5-2-1-3-6-15;;/h1-12,19-20,27H,13-14H2,(H,29,30);2*1H. The third kappa shape index (κ3) is 6.60. The highest BCUT2D eigenvalue weighted by Crippen LogP contribution is 2.31. The quantitative estimate of drug-likeness (QED) is 0.474. The number of benzene rings is 2. The number of hydrogen-bond donors (Lipinski definition) is 2. The molecule has 0 bridgehead atoms. The number of alkyl halides is 3. The Bertz CT molecular complexity index is 1050. The molecule has 1 aliphatic heterocycles. The van der Waals surface area contributed by atoms with Crippen LogP contribution in [0.25, 0.3) is 0 Å². The van der Waals surface area contributed by atoms with E-state index in [0.29, 0.717) is 18.0 Å². The number of carbonyl (C=O) groups is 1. The zero-order valence-corrected chi connectivity index (χ0v) is 18.8. The maximum Gasteiger partial charge on any atom is 0.433 e. The van der Waals surface area contributed by atoms with E-state index >= 15 is 0 Å². The van der Waals surface area contributed by atoms with Gasteiger partial charge in [0.05, 0.1) is 12.1 Å². The van der Waals surface area contributed by atoms with E-state index in [0.717, 1.165) is 24.4 Å². The van der Waals surface area contributed by atoms with Gasteiger partial charge >= 0.3 is 6.18 Å². The molecule has 33 heavy (non-hydrogen) atoms. The van der Waals surface area contributed by atoms with Crippen LogP contribution in [0.5, 0.6) is 11.5 Å². The summed E-state index contributed by atoms with van der Waals surface area (Å²) in [5.41, 5.74) is 0.666. The molecular weight excluding hydrogens is 478 g/mol. The molecule has 1 fully saturated rings. The number of halogens is 5. The molecule has 2 heterocycles. The number of rotatable bonds is 5. The van der Waals surface area contributed by atoms with E-state index in [1.807, 2.05) is 30.3 Å². The third-order valence-corrected chi connectivity index (χ3v) is 5.14. The van der Waals surface area contributed by atoms with Gasteiger partial charge in [0.1, 0.15) is 17.2 Å². The van der Waals surface area contributed by atoms with Crippen molar-refractivity contribution in [3.63, 3.8) is 0 Å². The van der Waals surface area contributed by atoms with Gasteiger partial charge in [-0.25, -0.2) is 4.98 Å². The summed E-state index contributed by atoms with van der Waals surface area (Å²) in [5, 5.41) is 6.19. The second-order valence-corrected chi connectivity index (χ2v) is 7.28. The number of carbonyl (C=O) groups excluding carboxylic acids is 1. The van der Waals surface area contributed by atoms with Crippen molar-refractivity contribution >= 4 is 36.4 Å². The van der Waals surface area contributed by atoms with Crippen molar-refractivity contribution in [1.82, 2.24) is 10.3 Å². The smallest absolute Gasteiger partial charge is 0.433 e. The molecule has 5 nitrogen and oxygen atoms in total. The normalized spacial score (nSPS) is 17.4. The van der Waals surface area contributed by atoms with Gasteiger partial charge < -0.3 is 15.4 Å². The van der Waals surface area contributed by atoms with Gasteiger partial charge in [-0.3, -0.25) is 4.79 Å². The van der Waals surface area contributed by atoms with Crippen LogP contribution in [0.2, 0.25) is 0 Å². The maximum atomic E-state index is 12.9. The molecular formula is C23H22Cl2F3N3O2. The van der Waals surface area contributed by atoms with Crippen LogP contribution in [-0.2, 0) is 11.0 Å². The zero-order chi connectivity index (χ0) is 21.8. The molecule has 1 aromatic heterocycles. The average molecular weight is 500 g/mol. The SMILES string of the molecule is Cl.Cl.O=C(Nc1cccc(Oc2ccc(C(F)(F)F)nc2)c1)C1CNCC1c1ccccc1. The van der Waals surface area contributed by atoms with Crippen LogP contribution >= 0.6 is 24.8 Å². The number of anilines is 1. The summed E-state index contributed by atoms with van der Waals surface area (Å²) >= 11 is 0. The topological polar surface area (TPSA) is 63.2 Å². The summed E-state index contributed by atoms with van der Waals surface area (Å²) in [6, 6.07) is 18.7. The highest BCUT2D eigenvalue weighted by molar-refractivity contribution is 5.93. The lowest BCUT2D eigenvalue weighted by Gasteiger charge is -2.19. The largest absolute Gasteiger partial charge is 0.456 e. The summed E-state index contributed by atoms with van der Waals surface area (Å²) in [4.78, 5) is 16.3. The Morgan fingerprint density at radius 3 is 2.39 bits per heavy atom. The minimum atomic E-state index is -4.50. The number of pyridine rings is 1. The van der Waals surface area contributed by atoms with Crippen molar-refractivity contribution in [2.45, 2.75) is 12.1 Å². The molecule has 1 saturated heterocycles. The first-order valence-electron chi connectivity index (χ1n) is 9.78. The summed E-state index contributed by atoms with van der Waals surface area (Å²) < 4.78 is 43.5. The van der Waals surface area contributed by atoms with E-state index in [-0.39, 0.29) is 48.3 Å². The van der Waals surface area contributed by atoms with E-state index in [1.165, 1.54) is 6.07 Å². The molecule has 1 amide bonds. The molecule has 3 aromatic rings. The van der Waals surface area contributed by atoms with Crippen LogP contribution in [0.3, 0.4) is 0 Å². The van der Waals surface area contributed by atoms with Gasteiger partial charge in [-0.1, -0.05) is 36.4 Å². The van der Waals surface area contributed by atoms with Gasteiger partial charge in [0, 0.05) is 30.8 Å². The fourth-order valence-electron chi connectivity index (χ4n) is 3.62. The maximum absolute atomic E-state index is 12.9. The zero-order valence-electron chi connectivity index (χ0n) is 17.2. The molecule has 0 radical (unpaired) electrons. The van der Waals surface area contributed by atoms with E-state index < -0.39 is 11.9 Å². The number of hydrogen-bond acceptors (Lipinski definition) is 4. The van der Waals surface area contributed by atoms with Crippen LogP contribution in [0.15, 0.2) is 72.9 Å². The van der Waals surface area contributed by atoms with Gasteiger partial charge in [-0.15, -0.1) is 24.8 Å². The molecule has 0 saturated carbocycles. The monoisotopic (exact) mass is 499 g/mol. The van der Waals surface area contributed by atoms with E-state index in [2.05, 4.69) is 15.6 Å². The van der Waals surface area contributed by atoms with Crippen LogP contribution < -0.4 is 15.4 Å². The van der Waals surface area contributed by atoms with Crippen molar-refractivity contribution in [3.05, 3.63) is 84.2 Å². The second-order valence-electron chi connectivity index (χ2n) is 7.28. The Balaban J connectivity index is 0.00000193. The molecule has 2 aromatic carbocycles. The Morgan fingerprint density at radius 2 is 1.73 bits per heavy atom. The Hall–Kier alpha value is -2.81. The summed E-state index contributed by atoms with van der Waals surface area (Å²) in [6.07, 6.45) is -3.49. The van der Waals surface area contributed by atoms with Gasteiger partial charge in [-0.2, -0.15) is 13.2 Å². The fraction of sp³-hybridized carbons (Fsp3) is 0.217. The Kier molecular flexibility index (Phi) is 9.10. The lowest BCUT2D eigenvalue weighted by atomic mass is 9.88. The lowest BCUT2D eigenvalue weighted by Crippen LogP contribution is -2.28. The summed E-state index contributed by atoms with van der Waals surface area (Å²) in [7, 11) is 0. The molecule has 0 spiro atoms. The number of aromatic nitrogens is 1. The van der Waals surface area contributed by atoms with E-state index in [4.69, 9.17) is 4.74 Å². The minimum absolute atomic E-state index is 0. The molecule has 1 aliphatic rings. The van der Waals surface area contributed by atoms with E-state index in [9.17, 15) is 18.0 Å². The lowest BCUT2D eigenvalue weighted by molar-refractivity contribution is -0.141. The van der Waals surface area contributed by atoms with E-state index in [1.54, 1.807) is 24.3 Å². The highest BCUT2D eigenvalue weighted by Gasteiger charge is 2.34. The van der Waals surface area contributed by atoms with Gasteiger partial charge in [0.15, 0.2) is 0 Å². The van der Waals surface area contributed by atoms with Crippen molar-refractivity contribution in [2.75, 3.05) is 18.4 Å². The molecule has 176 valence electrons. The predicted octanol–water partition coefficient (Wildman–Crippen LogP) is 5.68. The van der Waals surface area contributed by atoms with Crippen LogP contribution in [-0.4, -0.2) is 24.0 Å². The molecule has 4 rings (SSSR count). The first-order valence-corrected chi connectivity index (χ1v) is 9.78. The molecule has 2 atom stereocenters. The molecule has 0 aliphatic carbocycles. The van der Waals surface area contributed by atoms with Crippen molar-refractivity contribution in [1.29, 1.82) is 0 Å². The number of nitrogens with zero attached hydrogens (tertiary/aromatic N) is 1. The summed E-state index contributed by atoms with van der Waals surface area (Å²) in [6.45, 7) is 1.31. The Labute approximate surface area is 201 Å². The number of amides is 1. The molecule has 2 unspecified atom stereocenters. The predicted molar refractivity (Wildman–Crippen MR) is 124 cm³/mol. The van der Waals surface area contributed by atoms with Gasteiger partial charge in [-0.05, 0) is 29.8 Å². The first kappa shape index (κ1) is 26.4. The van der Waals surface area contributed by atoms with Crippen LogP contribution in [0, 0.1) is 5.92 Å². The highest BCUT2D eigenvalue weighted by atomic mass is 35.5. The Morgan fingerprint density at radius 1 is 0.970 bits per heavy atom. The van der Waals surface area contributed by atoms with Crippen molar-refractivity contribution in [2.24, 2.45) is 5.92 Å². The van der Waals surface area contributed by atoms with Gasteiger partial charge in [0.2, 0.25) is 5.91 Å². The van der Waals surface area contributed by atoms with Crippen LogP contribution in [0.4, 0.5) is 18.9 Å². The minimum Gasteiger partial charge on any atom is -0.456 e. The number of ether oxygens (including phenoxy) is 1. The van der Waals surface area contributed by atoms with Crippen molar-refractivity contribution < 1.29 is 22.7 Å².